The maximum atomic E-state index is 13.0. The van der Waals surface area contributed by atoms with Gasteiger partial charge in [-0.3, -0.25) is 9.59 Å². The van der Waals surface area contributed by atoms with Crippen LogP contribution in [0.1, 0.15) is 71.2 Å². The first kappa shape index (κ1) is 24.4. The van der Waals surface area contributed by atoms with Crippen LogP contribution >= 0.6 is 0 Å². The van der Waals surface area contributed by atoms with Crippen molar-refractivity contribution in [2.45, 2.75) is 62.4 Å². The molecule has 0 bridgehead atoms. The maximum Gasteiger partial charge on any atom is 0.253 e. The molecule has 0 radical (unpaired) electrons. The highest BCUT2D eigenvalue weighted by atomic mass is 32.2. The zero-order chi connectivity index (χ0) is 24.1. The second-order valence-corrected chi connectivity index (χ2v) is 11.2. The van der Waals surface area contributed by atoms with Crippen LogP contribution in [0.3, 0.4) is 0 Å². The molecule has 4 rings (SSSR count). The van der Waals surface area contributed by atoms with Gasteiger partial charge in [-0.2, -0.15) is 4.31 Å². The predicted molar refractivity (Wildman–Crippen MR) is 131 cm³/mol. The maximum absolute atomic E-state index is 13.0. The van der Waals surface area contributed by atoms with Crippen LogP contribution in [0.15, 0.2) is 53.4 Å². The molecule has 2 aromatic rings. The first-order chi connectivity index (χ1) is 16.4. The monoisotopic (exact) mass is 483 g/mol. The smallest absolute Gasteiger partial charge is 0.253 e. The Morgan fingerprint density at radius 1 is 0.941 bits per heavy atom. The summed E-state index contributed by atoms with van der Waals surface area (Å²) in [4.78, 5) is 27.3. The van der Waals surface area contributed by atoms with Crippen molar-refractivity contribution in [1.82, 2.24) is 14.5 Å². The lowest BCUT2D eigenvalue weighted by molar-refractivity contribution is 0.0792. The summed E-state index contributed by atoms with van der Waals surface area (Å²) in [6.07, 6.45) is 7.13. The molecule has 2 amide bonds. The number of hydrogen-bond donors (Lipinski definition) is 1. The summed E-state index contributed by atoms with van der Waals surface area (Å²) in [6.45, 7) is 1.87. The van der Waals surface area contributed by atoms with Gasteiger partial charge in [0.05, 0.1) is 4.90 Å². The van der Waals surface area contributed by atoms with E-state index in [1.165, 1.54) is 16.4 Å². The molecular weight excluding hydrogens is 450 g/mol. The normalized spacial score (nSPS) is 17.2. The van der Waals surface area contributed by atoms with Crippen molar-refractivity contribution < 1.29 is 18.0 Å². The van der Waals surface area contributed by atoms with E-state index in [1.807, 2.05) is 23.1 Å². The lowest BCUT2D eigenvalue weighted by Crippen LogP contribution is -2.38. The fourth-order valence-electron chi connectivity index (χ4n) is 4.79. The summed E-state index contributed by atoms with van der Waals surface area (Å²) in [5.41, 5.74) is 1.86. The second-order valence-electron chi connectivity index (χ2n) is 9.22. The Morgan fingerprint density at radius 3 is 2.29 bits per heavy atom. The van der Waals surface area contributed by atoms with E-state index < -0.39 is 10.0 Å². The minimum Gasteiger partial charge on any atom is -0.348 e. The fraction of sp³-hybridized carbons (Fsp3) is 0.462. The summed E-state index contributed by atoms with van der Waals surface area (Å²) in [5.74, 6) is -0.262. The van der Waals surface area contributed by atoms with Crippen LogP contribution in [0.4, 0.5) is 0 Å². The molecule has 1 aliphatic heterocycles. The van der Waals surface area contributed by atoms with Crippen molar-refractivity contribution in [1.29, 1.82) is 0 Å². The molecule has 1 aliphatic carbocycles. The van der Waals surface area contributed by atoms with Gasteiger partial charge in [-0.05, 0) is 67.6 Å². The van der Waals surface area contributed by atoms with Crippen LogP contribution < -0.4 is 5.32 Å². The van der Waals surface area contributed by atoms with Crippen LogP contribution in [0.25, 0.3) is 0 Å². The minimum atomic E-state index is -3.59. The Hall–Kier alpha value is -2.71. The van der Waals surface area contributed by atoms with E-state index in [9.17, 15) is 18.0 Å². The molecule has 2 aromatic carbocycles. The van der Waals surface area contributed by atoms with Crippen molar-refractivity contribution in [3.63, 3.8) is 0 Å². The molecule has 34 heavy (non-hydrogen) atoms. The van der Waals surface area contributed by atoms with Crippen molar-refractivity contribution in [3.05, 3.63) is 65.2 Å². The lowest BCUT2D eigenvalue weighted by Gasteiger charge is -2.30. The van der Waals surface area contributed by atoms with Crippen molar-refractivity contribution in [2.24, 2.45) is 0 Å². The third-order valence-electron chi connectivity index (χ3n) is 6.90. The van der Waals surface area contributed by atoms with E-state index in [4.69, 9.17) is 0 Å². The molecule has 0 atom stereocenters. The van der Waals surface area contributed by atoms with E-state index in [0.29, 0.717) is 11.1 Å². The van der Waals surface area contributed by atoms with Gasteiger partial charge in [-0.25, -0.2) is 8.42 Å². The van der Waals surface area contributed by atoms with Crippen LogP contribution in [0.5, 0.6) is 0 Å². The van der Waals surface area contributed by atoms with Gasteiger partial charge in [0.25, 0.3) is 11.8 Å². The number of amides is 2. The Balaban J connectivity index is 1.37. The Morgan fingerprint density at radius 2 is 1.62 bits per heavy atom. The summed E-state index contributed by atoms with van der Waals surface area (Å²) < 4.78 is 27.5. The molecule has 0 unspecified atom stereocenters. The van der Waals surface area contributed by atoms with Crippen molar-refractivity contribution in [3.8, 4) is 0 Å². The number of benzene rings is 2. The molecule has 2 fully saturated rings. The third-order valence-corrected chi connectivity index (χ3v) is 8.83. The van der Waals surface area contributed by atoms with Gasteiger partial charge >= 0.3 is 0 Å². The number of carbonyl (C=O) groups excluding carboxylic acids is 2. The Labute approximate surface area is 202 Å². The van der Waals surface area contributed by atoms with Crippen LogP contribution in [0, 0.1) is 0 Å². The number of likely N-dealkylation sites (tertiary alicyclic amines) is 1. The second kappa shape index (κ2) is 10.7. The van der Waals surface area contributed by atoms with E-state index in [1.54, 1.807) is 25.2 Å². The van der Waals surface area contributed by atoms with E-state index >= 15 is 0 Å². The highest BCUT2D eigenvalue weighted by Gasteiger charge is 2.29. The summed E-state index contributed by atoms with van der Waals surface area (Å²) in [7, 11) is -1.94. The van der Waals surface area contributed by atoms with E-state index in [0.717, 1.165) is 63.6 Å². The molecule has 0 aromatic heterocycles. The fourth-order valence-corrected chi connectivity index (χ4v) is 6.20. The zero-order valence-electron chi connectivity index (χ0n) is 19.7. The van der Waals surface area contributed by atoms with E-state index in [2.05, 4.69) is 5.32 Å². The molecule has 2 aliphatic rings. The number of carbonyl (C=O) groups is 2. The van der Waals surface area contributed by atoms with Gasteiger partial charge in [0.1, 0.15) is 0 Å². The molecule has 182 valence electrons. The average molecular weight is 484 g/mol. The first-order valence-electron chi connectivity index (χ1n) is 12.1. The predicted octanol–water partition coefficient (Wildman–Crippen LogP) is 3.81. The molecule has 8 heteroatoms. The van der Waals surface area contributed by atoms with Crippen molar-refractivity contribution >= 4 is 21.8 Å². The Kier molecular flexibility index (Phi) is 7.68. The SMILES string of the molecule is CN(C1CCCCC1)S(=O)(=O)c1ccc(C(=O)NCc2cccc(C(=O)N3CCCC3)c2)cc1. The minimum absolute atomic E-state index is 0.0284. The quantitative estimate of drug-likeness (QED) is 0.649. The standard InChI is InChI=1S/C26H33N3O4S/c1-28(23-10-3-2-4-11-23)34(32,33)24-14-12-21(13-15-24)25(30)27-19-20-8-7-9-22(18-20)26(31)29-16-5-6-17-29/h7-9,12-15,18,23H,2-6,10-11,16-17,19H2,1H3,(H,27,30). The molecule has 0 spiro atoms. The first-order valence-corrected chi connectivity index (χ1v) is 13.5. The number of sulfonamides is 1. The molecule has 7 nitrogen and oxygen atoms in total. The number of hydrogen-bond acceptors (Lipinski definition) is 4. The molecular formula is C26H33N3O4S. The number of nitrogens with one attached hydrogen (secondary N) is 1. The Bertz CT molecular complexity index is 1120. The topological polar surface area (TPSA) is 86.8 Å². The summed E-state index contributed by atoms with van der Waals surface area (Å²) in [6, 6.07) is 13.4. The van der Waals surface area contributed by atoms with Gasteiger partial charge in [0.2, 0.25) is 10.0 Å². The van der Waals surface area contributed by atoms with E-state index in [-0.39, 0.29) is 29.3 Å². The van der Waals surface area contributed by atoms with Crippen molar-refractivity contribution in [2.75, 3.05) is 20.1 Å². The molecule has 1 saturated heterocycles. The van der Waals surface area contributed by atoms with Gasteiger partial charge in [-0.15, -0.1) is 0 Å². The van der Waals surface area contributed by atoms with Crippen LogP contribution in [-0.2, 0) is 16.6 Å². The van der Waals surface area contributed by atoms with Gasteiger partial charge in [0, 0.05) is 43.9 Å². The number of nitrogens with zero attached hydrogens (tertiary/aromatic N) is 2. The zero-order valence-corrected chi connectivity index (χ0v) is 20.5. The largest absolute Gasteiger partial charge is 0.348 e. The average Bonchev–Trinajstić information content (AvgIpc) is 3.42. The van der Waals surface area contributed by atoms with Gasteiger partial charge < -0.3 is 10.2 Å². The van der Waals surface area contributed by atoms with Gasteiger partial charge in [-0.1, -0.05) is 31.4 Å². The highest BCUT2D eigenvalue weighted by Crippen LogP contribution is 2.26. The number of rotatable bonds is 7. The highest BCUT2D eigenvalue weighted by molar-refractivity contribution is 7.89. The van der Waals surface area contributed by atoms with Gasteiger partial charge in [0.15, 0.2) is 0 Å². The molecule has 1 heterocycles. The summed E-state index contributed by atoms with van der Waals surface area (Å²) in [5, 5.41) is 2.86. The third kappa shape index (κ3) is 5.50. The molecule has 1 saturated carbocycles. The summed E-state index contributed by atoms with van der Waals surface area (Å²) >= 11 is 0. The van der Waals surface area contributed by atoms with Crippen LogP contribution in [0.2, 0.25) is 0 Å². The van der Waals surface area contributed by atoms with Crippen LogP contribution in [-0.4, -0.2) is 55.6 Å². The lowest BCUT2D eigenvalue weighted by atomic mass is 9.96. The molecule has 1 N–H and O–H groups in total.